The van der Waals surface area contributed by atoms with E-state index in [1.54, 1.807) is 19.1 Å². The maximum atomic E-state index is 13.0. The first-order valence-electron chi connectivity index (χ1n) is 9.88. The van der Waals surface area contributed by atoms with Crippen LogP contribution in [0, 0.1) is 12.3 Å². The summed E-state index contributed by atoms with van der Waals surface area (Å²) in [4.78, 5) is 16.0. The van der Waals surface area contributed by atoms with Crippen LogP contribution in [0.3, 0.4) is 0 Å². The van der Waals surface area contributed by atoms with Crippen molar-refractivity contribution in [3.8, 4) is 0 Å². The Kier molecular flexibility index (Phi) is 12.9. The molecule has 0 saturated carbocycles. The molecule has 2 rings (SSSR count). The fourth-order valence-electron chi connectivity index (χ4n) is 2.62. The minimum Gasteiger partial charge on any atom is -0.400 e. The molecule has 0 aromatic heterocycles. The molecule has 0 aliphatic carbocycles. The highest BCUT2D eigenvalue weighted by Gasteiger charge is 2.37. The Morgan fingerprint density at radius 2 is 1.54 bits per heavy atom. The number of hydrogen-bond donors (Lipinski definition) is 3. The maximum absolute atomic E-state index is 13.0. The van der Waals surface area contributed by atoms with Crippen LogP contribution in [-0.2, 0) is 28.6 Å². The van der Waals surface area contributed by atoms with Crippen LogP contribution in [0.5, 0.6) is 0 Å². The molecule has 0 aliphatic rings. The van der Waals surface area contributed by atoms with Crippen molar-refractivity contribution in [1.82, 2.24) is 5.32 Å². The first-order chi connectivity index (χ1) is 16.3. The van der Waals surface area contributed by atoms with E-state index in [0.29, 0.717) is 29.5 Å². The highest BCUT2D eigenvalue weighted by atomic mass is 19.4. The number of aryl methyl sites for hydroxylation is 1. The molecule has 0 unspecified atom stereocenters. The number of benzene rings is 2. The largest absolute Gasteiger partial charge is 0.416 e. The molecule has 2 aromatic carbocycles. The summed E-state index contributed by atoms with van der Waals surface area (Å²) < 4.78 is 77.9. The number of hydrogen-bond acceptors (Lipinski definition) is 6. The summed E-state index contributed by atoms with van der Waals surface area (Å²) in [6, 6.07) is 5.97. The quantitative estimate of drug-likeness (QED) is 0.222. The van der Waals surface area contributed by atoms with Gasteiger partial charge in [0.15, 0.2) is 6.29 Å². The molecule has 194 valence electrons. The van der Waals surface area contributed by atoms with Gasteiger partial charge in [-0.15, -0.1) is 0 Å². The van der Waals surface area contributed by atoms with Crippen molar-refractivity contribution in [1.29, 1.82) is 5.41 Å². The SMILES string of the molecule is C/C(=N\OCc1c(C)cccc1C(=N)C=O)c1cc(C(F)(F)F)cc(C(F)(F)F)c1.CNC.CO. The number of aldehydes is 1. The monoisotopic (exact) mass is 507 g/mol. The summed E-state index contributed by atoms with van der Waals surface area (Å²) in [5, 5.41) is 21.0. The molecule has 35 heavy (non-hydrogen) atoms. The van der Waals surface area contributed by atoms with E-state index in [1.165, 1.54) is 13.0 Å². The van der Waals surface area contributed by atoms with Crippen molar-refractivity contribution in [3.05, 3.63) is 69.8 Å². The third kappa shape index (κ3) is 9.87. The van der Waals surface area contributed by atoms with E-state index in [0.717, 1.165) is 7.11 Å². The number of halogens is 6. The molecule has 0 aliphatic heterocycles. The second kappa shape index (κ2) is 14.2. The zero-order valence-corrected chi connectivity index (χ0v) is 19.7. The first kappa shape index (κ1) is 31.8. The second-order valence-electron chi connectivity index (χ2n) is 6.88. The van der Waals surface area contributed by atoms with Gasteiger partial charge in [0.1, 0.15) is 12.3 Å². The Morgan fingerprint density at radius 1 is 1.06 bits per heavy atom. The van der Waals surface area contributed by atoms with Crippen LogP contribution in [0.25, 0.3) is 0 Å². The van der Waals surface area contributed by atoms with E-state index >= 15 is 0 Å². The molecule has 0 spiro atoms. The van der Waals surface area contributed by atoms with Crippen molar-refractivity contribution in [2.45, 2.75) is 32.8 Å². The third-order valence-corrected chi connectivity index (χ3v) is 4.23. The Hall–Kier alpha value is -3.25. The predicted octanol–water partition coefficient (Wildman–Crippen LogP) is 4.98. The van der Waals surface area contributed by atoms with Crippen LogP contribution in [0.1, 0.15) is 40.3 Å². The van der Waals surface area contributed by atoms with Gasteiger partial charge in [0.2, 0.25) is 0 Å². The molecule has 0 saturated heterocycles. The molecule has 0 heterocycles. The van der Waals surface area contributed by atoms with Crippen molar-refractivity contribution < 1.29 is 41.1 Å². The fourth-order valence-corrected chi connectivity index (χ4v) is 2.62. The normalized spacial score (nSPS) is 11.5. The zero-order chi connectivity index (χ0) is 27.4. The van der Waals surface area contributed by atoms with E-state index in [4.69, 9.17) is 15.4 Å². The van der Waals surface area contributed by atoms with Gasteiger partial charge in [-0.1, -0.05) is 23.4 Å². The number of nitrogens with zero attached hydrogens (tertiary/aromatic N) is 1. The molecule has 0 amide bonds. The van der Waals surface area contributed by atoms with Gasteiger partial charge in [-0.05, 0) is 51.7 Å². The predicted molar refractivity (Wildman–Crippen MR) is 121 cm³/mol. The van der Waals surface area contributed by atoms with Crippen LogP contribution in [0.15, 0.2) is 41.6 Å². The number of aliphatic hydroxyl groups is 1. The molecule has 0 atom stereocenters. The van der Waals surface area contributed by atoms with Crippen molar-refractivity contribution >= 4 is 17.7 Å². The summed E-state index contributed by atoms with van der Waals surface area (Å²) in [5.74, 6) is 0. The lowest BCUT2D eigenvalue weighted by atomic mass is 9.99. The van der Waals surface area contributed by atoms with E-state index in [2.05, 4.69) is 10.5 Å². The van der Waals surface area contributed by atoms with Crippen LogP contribution in [0.4, 0.5) is 26.3 Å². The Balaban J connectivity index is 0.00000214. The van der Waals surface area contributed by atoms with Crippen LogP contribution in [0.2, 0.25) is 0 Å². The number of nitrogens with one attached hydrogen (secondary N) is 2. The topological polar surface area (TPSA) is 94.8 Å². The lowest BCUT2D eigenvalue weighted by molar-refractivity contribution is -0.143. The average Bonchev–Trinajstić information content (AvgIpc) is 2.79. The van der Waals surface area contributed by atoms with Gasteiger partial charge in [-0.2, -0.15) is 26.3 Å². The van der Waals surface area contributed by atoms with Gasteiger partial charge < -0.3 is 15.3 Å². The molecule has 2 aromatic rings. The van der Waals surface area contributed by atoms with Gasteiger partial charge in [0.25, 0.3) is 0 Å². The van der Waals surface area contributed by atoms with Gasteiger partial charge in [0.05, 0.1) is 16.8 Å². The average molecular weight is 507 g/mol. The first-order valence-corrected chi connectivity index (χ1v) is 9.88. The zero-order valence-electron chi connectivity index (χ0n) is 19.7. The summed E-state index contributed by atoms with van der Waals surface area (Å²) in [7, 11) is 4.75. The van der Waals surface area contributed by atoms with Gasteiger partial charge in [-0.25, -0.2) is 0 Å². The Bertz CT molecular complexity index is 986. The lowest BCUT2D eigenvalue weighted by Gasteiger charge is -2.14. The minimum atomic E-state index is -4.97. The van der Waals surface area contributed by atoms with Crippen LogP contribution >= 0.6 is 0 Å². The van der Waals surface area contributed by atoms with Gasteiger partial charge >= 0.3 is 12.4 Å². The minimum absolute atomic E-state index is 0.0300. The summed E-state index contributed by atoms with van der Waals surface area (Å²) in [6.07, 6.45) is -9.60. The molecule has 0 bridgehead atoms. The Morgan fingerprint density at radius 3 is 1.97 bits per heavy atom. The molecule has 12 heteroatoms. The van der Waals surface area contributed by atoms with Gasteiger partial charge in [0, 0.05) is 23.8 Å². The highest BCUT2D eigenvalue weighted by molar-refractivity contribution is 6.35. The van der Waals surface area contributed by atoms with Crippen LogP contribution < -0.4 is 5.32 Å². The highest BCUT2D eigenvalue weighted by Crippen LogP contribution is 2.36. The summed E-state index contributed by atoms with van der Waals surface area (Å²) in [5.41, 5.74) is -2.40. The smallest absolute Gasteiger partial charge is 0.400 e. The molecular weight excluding hydrogens is 480 g/mol. The fraction of sp³-hybridized carbons (Fsp3) is 0.348. The number of carbonyl (C=O) groups is 1. The van der Waals surface area contributed by atoms with E-state index in [-0.39, 0.29) is 29.7 Å². The van der Waals surface area contributed by atoms with E-state index in [9.17, 15) is 31.1 Å². The molecular formula is C23H27F6N3O3. The number of rotatable bonds is 6. The molecule has 6 nitrogen and oxygen atoms in total. The maximum Gasteiger partial charge on any atom is 0.416 e. The van der Waals surface area contributed by atoms with Crippen molar-refractivity contribution in [3.63, 3.8) is 0 Å². The van der Waals surface area contributed by atoms with Crippen molar-refractivity contribution in [2.24, 2.45) is 5.16 Å². The number of oxime groups is 1. The summed E-state index contributed by atoms with van der Waals surface area (Å²) in [6.45, 7) is 2.67. The van der Waals surface area contributed by atoms with Crippen LogP contribution in [-0.4, -0.2) is 44.0 Å². The Labute approximate surface area is 199 Å². The van der Waals surface area contributed by atoms with E-state index in [1.807, 2.05) is 14.1 Å². The van der Waals surface area contributed by atoms with Crippen molar-refractivity contribution in [2.75, 3.05) is 21.2 Å². The second-order valence-corrected chi connectivity index (χ2v) is 6.88. The van der Waals surface area contributed by atoms with Gasteiger partial charge in [-0.3, -0.25) is 10.2 Å². The molecule has 0 radical (unpaired) electrons. The molecule has 3 N–H and O–H groups in total. The number of carbonyl (C=O) groups excluding carboxylic acids is 1. The summed E-state index contributed by atoms with van der Waals surface area (Å²) >= 11 is 0. The third-order valence-electron chi connectivity index (χ3n) is 4.23. The van der Waals surface area contributed by atoms with E-state index < -0.39 is 29.0 Å². The standard InChI is InChI=1S/C20H16F6N2O2.C2H7N.CH4O/c1-11-4-3-5-16(18(27)9-29)17(11)10-30-28-12(2)13-6-14(19(21,22)23)8-15(7-13)20(24,25)26;1-3-2;1-2/h3-9,27H,10H2,1-2H3;3H,1-2H3;2H,1H3/b27-18?,28-12+;;. The molecule has 0 fully saturated rings. The number of alkyl halides is 6. The lowest BCUT2D eigenvalue weighted by Crippen LogP contribution is -2.13. The number of aliphatic hydroxyl groups excluding tert-OH is 1.